The third-order valence-electron chi connectivity index (χ3n) is 4.27. The van der Waals surface area contributed by atoms with E-state index in [0.717, 1.165) is 28.3 Å². The van der Waals surface area contributed by atoms with Gasteiger partial charge in [0.15, 0.2) is 5.11 Å². The number of nitrogens with zero attached hydrogens (tertiary/aromatic N) is 1. The topological polar surface area (TPSA) is 45.5 Å². The van der Waals surface area contributed by atoms with E-state index in [1.54, 1.807) is 0 Å². The second-order valence-corrected chi connectivity index (χ2v) is 6.31. The van der Waals surface area contributed by atoms with Gasteiger partial charge in [-0.1, -0.05) is 0 Å². The van der Waals surface area contributed by atoms with Crippen LogP contribution < -0.4 is 10.9 Å². The molecular weight excluding hydrogens is 296 g/mol. The summed E-state index contributed by atoms with van der Waals surface area (Å²) in [7, 11) is 0. The van der Waals surface area contributed by atoms with Crippen LogP contribution in [0.5, 0.6) is 0 Å². The van der Waals surface area contributed by atoms with Gasteiger partial charge in [0.2, 0.25) is 0 Å². The zero-order valence-electron chi connectivity index (χ0n) is 12.9. The molecule has 1 saturated heterocycles. The lowest BCUT2D eigenvalue weighted by Crippen LogP contribution is -2.44. The van der Waals surface area contributed by atoms with E-state index in [-0.39, 0.29) is 5.63 Å². The van der Waals surface area contributed by atoms with Crippen molar-refractivity contribution in [2.24, 2.45) is 0 Å². The first kappa shape index (κ1) is 15.0. The number of piperidine rings is 1. The van der Waals surface area contributed by atoms with Gasteiger partial charge in [-0.25, -0.2) is 4.79 Å². The van der Waals surface area contributed by atoms with Gasteiger partial charge < -0.3 is 14.6 Å². The van der Waals surface area contributed by atoms with E-state index in [2.05, 4.69) is 17.1 Å². The first-order valence-electron chi connectivity index (χ1n) is 7.67. The van der Waals surface area contributed by atoms with Crippen LogP contribution in [-0.4, -0.2) is 22.6 Å². The number of anilines is 1. The van der Waals surface area contributed by atoms with Crippen molar-refractivity contribution in [1.29, 1.82) is 0 Å². The van der Waals surface area contributed by atoms with E-state index in [4.69, 9.17) is 16.6 Å². The number of thiocarbonyl (C=S) groups is 1. The minimum atomic E-state index is -0.325. The summed E-state index contributed by atoms with van der Waals surface area (Å²) in [5.74, 6) is 0. The Balaban J connectivity index is 1.84. The molecule has 1 fully saturated rings. The highest BCUT2D eigenvalue weighted by Gasteiger charge is 2.20. The van der Waals surface area contributed by atoms with Crippen LogP contribution in [0.3, 0.4) is 0 Å². The van der Waals surface area contributed by atoms with Crippen molar-refractivity contribution in [1.82, 2.24) is 4.90 Å². The Bertz CT molecular complexity index is 769. The summed E-state index contributed by atoms with van der Waals surface area (Å²) < 4.78 is 5.28. The lowest BCUT2D eigenvalue weighted by molar-refractivity contribution is 0.262. The SMILES string of the molecule is Cc1cc(=O)oc2cc(NC(=S)N3CCCC[C@@H]3C)ccc12. The maximum absolute atomic E-state index is 11.5. The van der Waals surface area contributed by atoms with E-state index < -0.39 is 0 Å². The van der Waals surface area contributed by atoms with Gasteiger partial charge in [-0.3, -0.25) is 0 Å². The number of hydrogen-bond donors (Lipinski definition) is 1. The molecule has 3 rings (SSSR count). The molecule has 0 bridgehead atoms. The van der Waals surface area contributed by atoms with Crippen molar-refractivity contribution in [2.45, 2.75) is 39.2 Å². The average molecular weight is 316 g/mol. The monoisotopic (exact) mass is 316 g/mol. The zero-order valence-corrected chi connectivity index (χ0v) is 13.7. The van der Waals surface area contributed by atoms with Crippen LogP contribution in [0.25, 0.3) is 11.0 Å². The highest BCUT2D eigenvalue weighted by molar-refractivity contribution is 7.80. The second-order valence-electron chi connectivity index (χ2n) is 5.93. The number of benzene rings is 1. The Labute approximate surface area is 135 Å². The predicted molar refractivity (Wildman–Crippen MR) is 93.5 cm³/mol. The van der Waals surface area contributed by atoms with E-state index in [1.807, 2.05) is 25.1 Å². The zero-order chi connectivity index (χ0) is 15.7. The lowest BCUT2D eigenvalue weighted by atomic mass is 10.0. The maximum atomic E-state index is 11.5. The highest BCUT2D eigenvalue weighted by Crippen LogP contribution is 2.22. The highest BCUT2D eigenvalue weighted by atomic mass is 32.1. The third-order valence-corrected chi connectivity index (χ3v) is 4.60. The molecule has 1 aromatic carbocycles. The Kier molecular flexibility index (Phi) is 4.16. The summed E-state index contributed by atoms with van der Waals surface area (Å²) in [5.41, 5.74) is 2.04. The largest absolute Gasteiger partial charge is 0.423 e. The van der Waals surface area contributed by atoms with E-state index in [1.165, 1.54) is 25.3 Å². The summed E-state index contributed by atoms with van der Waals surface area (Å²) >= 11 is 5.53. The molecule has 0 aliphatic carbocycles. The number of hydrogen-bond acceptors (Lipinski definition) is 3. The predicted octanol–water partition coefficient (Wildman–Crippen LogP) is 3.67. The van der Waals surface area contributed by atoms with Gasteiger partial charge in [-0.15, -0.1) is 0 Å². The summed E-state index contributed by atoms with van der Waals surface area (Å²) in [6, 6.07) is 7.74. The molecule has 0 saturated carbocycles. The standard InChI is InChI=1S/C17H20N2O2S/c1-11-9-16(20)21-15-10-13(6-7-14(11)15)18-17(22)19-8-4-3-5-12(19)2/h6-7,9-10,12H,3-5,8H2,1-2H3,(H,18,22)/t12-/m0/s1. The average Bonchev–Trinajstić information content (AvgIpc) is 2.47. The van der Waals surface area contributed by atoms with Crippen LogP contribution in [0.15, 0.2) is 33.5 Å². The molecule has 5 heteroatoms. The van der Waals surface area contributed by atoms with E-state index in [9.17, 15) is 4.79 Å². The van der Waals surface area contributed by atoms with Gasteiger partial charge in [0.1, 0.15) is 5.58 Å². The van der Waals surface area contributed by atoms with Crippen LogP contribution in [0.2, 0.25) is 0 Å². The first-order chi connectivity index (χ1) is 10.5. The first-order valence-corrected chi connectivity index (χ1v) is 8.07. The molecule has 1 aliphatic rings. The fraction of sp³-hybridized carbons (Fsp3) is 0.412. The molecule has 0 radical (unpaired) electrons. The van der Waals surface area contributed by atoms with Crippen LogP contribution in [-0.2, 0) is 0 Å². The number of likely N-dealkylation sites (tertiary alicyclic amines) is 1. The molecule has 0 unspecified atom stereocenters. The number of nitrogens with one attached hydrogen (secondary N) is 1. The van der Waals surface area contributed by atoms with Crippen molar-refractivity contribution in [3.63, 3.8) is 0 Å². The van der Waals surface area contributed by atoms with Crippen LogP contribution in [0.4, 0.5) is 5.69 Å². The summed E-state index contributed by atoms with van der Waals surface area (Å²) in [6.45, 7) is 5.11. The van der Waals surface area contributed by atoms with Crippen molar-refractivity contribution in [2.75, 3.05) is 11.9 Å². The van der Waals surface area contributed by atoms with E-state index >= 15 is 0 Å². The Morgan fingerprint density at radius 1 is 1.36 bits per heavy atom. The molecule has 1 atom stereocenters. The van der Waals surface area contributed by atoms with Crippen molar-refractivity contribution in [3.8, 4) is 0 Å². The molecule has 4 nitrogen and oxygen atoms in total. The molecule has 1 N–H and O–H groups in total. The second kappa shape index (κ2) is 6.08. The minimum absolute atomic E-state index is 0.325. The van der Waals surface area contributed by atoms with Crippen LogP contribution in [0, 0.1) is 6.92 Å². The van der Waals surface area contributed by atoms with Gasteiger partial charge in [0.25, 0.3) is 0 Å². The Morgan fingerprint density at radius 2 is 2.18 bits per heavy atom. The fourth-order valence-corrected chi connectivity index (χ4v) is 3.39. The summed E-state index contributed by atoms with van der Waals surface area (Å²) in [4.78, 5) is 13.7. The maximum Gasteiger partial charge on any atom is 0.336 e. The number of aryl methyl sites for hydroxylation is 1. The quantitative estimate of drug-likeness (QED) is 0.642. The number of fused-ring (bicyclic) bond motifs is 1. The molecule has 116 valence electrons. The van der Waals surface area contributed by atoms with Crippen molar-refractivity contribution in [3.05, 3.63) is 40.2 Å². The third kappa shape index (κ3) is 2.99. The summed E-state index contributed by atoms with van der Waals surface area (Å²) in [6.07, 6.45) is 3.62. The molecule has 2 heterocycles. The fourth-order valence-electron chi connectivity index (χ4n) is 3.00. The molecule has 2 aromatic rings. The van der Waals surface area contributed by atoms with Gasteiger partial charge >= 0.3 is 5.63 Å². The van der Waals surface area contributed by atoms with E-state index in [0.29, 0.717) is 11.6 Å². The molecule has 0 amide bonds. The van der Waals surface area contributed by atoms with Crippen molar-refractivity contribution < 1.29 is 4.42 Å². The Morgan fingerprint density at radius 3 is 2.95 bits per heavy atom. The Hall–Kier alpha value is -1.88. The van der Waals surface area contributed by atoms with Crippen molar-refractivity contribution >= 4 is 34.0 Å². The molecule has 1 aliphatic heterocycles. The molecular formula is C17H20N2O2S. The molecule has 0 spiro atoms. The van der Waals surface area contributed by atoms with Crippen LogP contribution >= 0.6 is 12.2 Å². The van der Waals surface area contributed by atoms with Gasteiger partial charge in [-0.05, 0) is 63.0 Å². The number of rotatable bonds is 1. The van der Waals surface area contributed by atoms with Gasteiger partial charge in [-0.2, -0.15) is 0 Å². The molecule has 1 aromatic heterocycles. The van der Waals surface area contributed by atoms with Gasteiger partial charge in [0.05, 0.1) is 0 Å². The lowest BCUT2D eigenvalue weighted by Gasteiger charge is -2.35. The summed E-state index contributed by atoms with van der Waals surface area (Å²) in [5, 5.41) is 4.95. The smallest absolute Gasteiger partial charge is 0.336 e. The van der Waals surface area contributed by atoms with Gasteiger partial charge in [0, 0.05) is 35.8 Å². The molecule has 22 heavy (non-hydrogen) atoms. The normalized spacial score (nSPS) is 18.5. The van der Waals surface area contributed by atoms with Crippen LogP contribution in [0.1, 0.15) is 31.7 Å². The minimum Gasteiger partial charge on any atom is -0.423 e.